The fourth-order valence-electron chi connectivity index (χ4n) is 5.21. The van der Waals surface area contributed by atoms with Crippen LogP contribution < -0.4 is 9.80 Å². The van der Waals surface area contributed by atoms with Crippen molar-refractivity contribution in [3.8, 4) is 17.3 Å². The van der Waals surface area contributed by atoms with E-state index in [1.807, 2.05) is 29.5 Å². The number of aromatic nitrogens is 4. The molecule has 10 nitrogen and oxygen atoms in total. The zero-order chi connectivity index (χ0) is 28.7. The number of halogens is 2. The SMILES string of the molecule is CCc1nc2cnc(N3CCN(CC(=O)N4CC(F)C4)CC3)cn2c1N(C)c1nc(-c2ccc(F)cc2)c(C#N)s1. The van der Waals surface area contributed by atoms with Crippen molar-refractivity contribution in [2.45, 2.75) is 19.5 Å². The highest BCUT2D eigenvalue weighted by molar-refractivity contribution is 7.16. The van der Waals surface area contributed by atoms with E-state index in [0.29, 0.717) is 66.1 Å². The van der Waals surface area contributed by atoms with E-state index in [1.54, 1.807) is 23.2 Å². The minimum Gasteiger partial charge on any atom is -0.353 e. The highest BCUT2D eigenvalue weighted by atomic mass is 32.1. The summed E-state index contributed by atoms with van der Waals surface area (Å²) >= 11 is 1.27. The third-order valence-corrected chi connectivity index (χ3v) is 8.60. The molecule has 2 fully saturated rings. The van der Waals surface area contributed by atoms with Crippen LogP contribution in [0.15, 0.2) is 36.7 Å². The number of benzene rings is 1. The zero-order valence-corrected chi connectivity index (χ0v) is 23.6. The summed E-state index contributed by atoms with van der Waals surface area (Å²) in [5, 5.41) is 10.4. The van der Waals surface area contributed by atoms with Crippen LogP contribution in [0.1, 0.15) is 17.5 Å². The van der Waals surface area contributed by atoms with Gasteiger partial charge in [0.15, 0.2) is 10.8 Å². The second kappa shape index (κ2) is 11.0. The van der Waals surface area contributed by atoms with Gasteiger partial charge in [0.1, 0.15) is 40.3 Å². The lowest BCUT2D eigenvalue weighted by Gasteiger charge is -2.38. The molecule has 1 amide bonds. The maximum Gasteiger partial charge on any atom is 0.236 e. The zero-order valence-electron chi connectivity index (χ0n) is 22.8. The molecule has 3 aromatic heterocycles. The summed E-state index contributed by atoms with van der Waals surface area (Å²) in [6.45, 7) is 5.58. The maximum absolute atomic E-state index is 13.5. The summed E-state index contributed by atoms with van der Waals surface area (Å²) in [5.74, 6) is 1.26. The number of hydrogen-bond acceptors (Lipinski definition) is 9. The van der Waals surface area contributed by atoms with Gasteiger partial charge in [-0.1, -0.05) is 18.3 Å². The molecule has 5 heterocycles. The molecule has 13 heteroatoms. The summed E-state index contributed by atoms with van der Waals surface area (Å²) in [6, 6.07) is 8.19. The first-order valence-electron chi connectivity index (χ1n) is 13.5. The van der Waals surface area contributed by atoms with E-state index in [-0.39, 0.29) is 24.8 Å². The van der Waals surface area contributed by atoms with E-state index in [2.05, 4.69) is 20.9 Å². The highest BCUT2D eigenvalue weighted by Gasteiger charge is 2.32. The van der Waals surface area contributed by atoms with Crippen molar-refractivity contribution in [3.05, 3.63) is 53.0 Å². The van der Waals surface area contributed by atoms with Gasteiger partial charge in [-0.15, -0.1) is 0 Å². The molecule has 6 rings (SSSR count). The number of amides is 1. The van der Waals surface area contributed by atoms with Crippen molar-refractivity contribution in [1.29, 1.82) is 5.26 Å². The van der Waals surface area contributed by atoms with Crippen LogP contribution in [0.25, 0.3) is 16.9 Å². The first-order valence-corrected chi connectivity index (χ1v) is 14.3. The van der Waals surface area contributed by atoms with Gasteiger partial charge in [0.2, 0.25) is 5.91 Å². The summed E-state index contributed by atoms with van der Waals surface area (Å²) < 4.78 is 28.6. The molecule has 0 unspecified atom stereocenters. The van der Waals surface area contributed by atoms with Crippen LogP contribution in [0.4, 0.5) is 25.5 Å². The second-order valence-corrected chi connectivity index (χ2v) is 11.2. The maximum atomic E-state index is 13.5. The Morgan fingerprint density at radius 3 is 2.56 bits per heavy atom. The molecule has 0 atom stereocenters. The lowest BCUT2D eigenvalue weighted by molar-refractivity contribution is -0.139. The number of fused-ring (bicyclic) bond motifs is 1. The summed E-state index contributed by atoms with van der Waals surface area (Å²) in [7, 11) is 1.90. The van der Waals surface area contributed by atoms with Crippen molar-refractivity contribution in [2.75, 3.05) is 62.7 Å². The molecule has 0 saturated carbocycles. The Hall–Kier alpha value is -4.15. The average molecular weight is 578 g/mol. The number of carbonyl (C=O) groups is 1. The number of nitrogens with zero attached hydrogens (tertiary/aromatic N) is 9. The quantitative estimate of drug-likeness (QED) is 0.329. The van der Waals surface area contributed by atoms with E-state index < -0.39 is 6.17 Å². The third-order valence-electron chi connectivity index (χ3n) is 7.56. The predicted octanol–water partition coefficient (Wildman–Crippen LogP) is 3.50. The number of likely N-dealkylation sites (tertiary alicyclic amines) is 1. The van der Waals surface area contributed by atoms with Crippen LogP contribution in [0.2, 0.25) is 0 Å². The summed E-state index contributed by atoms with van der Waals surface area (Å²) in [5.41, 5.74) is 2.77. The molecule has 1 aromatic carbocycles. The van der Waals surface area contributed by atoms with Crippen molar-refractivity contribution in [2.24, 2.45) is 0 Å². The lowest BCUT2D eigenvalue weighted by atomic mass is 10.1. The number of carbonyl (C=O) groups excluding carboxylic acids is 1. The van der Waals surface area contributed by atoms with Crippen molar-refractivity contribution in [1.82, 2.24) is 29.2 Å². The fourth-order valence-corrected chi connectivity index (χ4v) is 6.06. The van der Waals surface area contributed by atoms with E-state index in [0.717, 1.165) is 17.3 Å². The largest absolute Gasteiger partial charge is 0.353 e. The molecule has 2 saturated heterocycles. The average Bonchev–Trinajstić information content (AvgIpc) is 3.57. The predicted molar refractivity (Wildman–Crippen MR) is 153 cm³/mol. The molecule has 2 aliphatic rings. The highest BCUT2D eigenvalue weighted by Crippen LogP contribution is 2.37. The first kappa shape index (κ1) is 27.0. The van der Waals surface area contributed by atoms with Crippen molar-refractivity contribution < 1.29 is 13.6 Å². The van der Waals surface area contributed by atoms with Gasteiger partial charge in [-0.05, 0) is 30.7 Å². The molecule has 2 aliphatic heterocycles. The van der Waals surface area contributed by atoms with Gasteiger partial charge < -0.3 is 14.7 Å². The molecule has 4 aromatic rings. The molecule has 0 N–H and O–H groups in total. The summed E-state index contributed by atoms with van der Waals surface area (Å²) in [4.78, 5) is 34.8. The number of piperazine rings is 1. The molecule has 0 radical (unpaired) electrons. The van der Waals surface area contributed by atoms with Crippen LogP contribution in [-0.2, 0) is 11.2 Å². The molecule has 0 aliphatic carbocycles. The van der Waals surface area contributed by atoms with Crippen LogP contribution in [0.5, 0.6) is 0 Å². The van der Waals surface area contributed by atoms with Gasteiger partial charge in [0.25, 0.3) is 0 Å². The van der Waals surface area contributed by atoms with Crippen LogP contribution in [-0.4, -0.2) is 94.1 Å². The summed E-state index contributed by atoms with van der Waals surface area (Å²) in [6.07, 6.45) is 3.52. The van der Waals surface area contributed by atoms with Gasteiger partial charge in [-0.2, -0.15) is 5.26 Å². The number of hydrogen-bond donors (Lipinski definition) is 0. The Labute approximate surface area is 240 Å². The number of anilines is 3. The van der Waals surface area contributed by atoms with Crippen LogP contribution in [0.3, 0.4) is 0 Å². The first-order chi connectivity index (χ1) is 19.8. The number of aryl methyl sites for hydroxylation is 1. The number of thiazole rings is 1. The van der Waals surface area contributed by atoms with Crippen LogP contribution >= 0.6 is 11.3 Å². The van der Waals surface area contributed by atoms with E-state index >= 15 is 0 Å². The lowest BCUT2D eigenvalue weighted by Crippen LogP contribution is -2.56. The second-order valence-electron chi connectivity index (χ2n) is 10.2. The van der Waals surface area contributed by atoms with Crippen molar-refractivity contribution in [3.63, 3.8) is 0 Å². The number of rotatable bonds is 7. The Morgan fingerprint density at radius 1 is 1.17 bits per heavy atom. The standard InChI is InChI=1S/C28H29F2N9OS/c1-3-21-27(35(2)28-34-26(22(12-31)41-28)18-4-6-19(29)7-5-18)39-16-24(32-13-23(39)33-21)37-10-8-36(9-11-37)17-25(40)38-14-20(30)15-38/h4-7,13,16,20H,3,8-11,14-15,17H2,1-2H3. The molecule has 41 heavy (non-hydrogen) atoms. The monoisotopic (exact) mass is 577 g/mol. The number of alkyl halides is 1. The van der Waals surface area contributed by atoms with Gasteiger partial charge in [0, 0.05) is 38.8 Å². The van der Waals surface area contributed by atoms with E-state index in [9.17, 15) is 18.8 Å². The fraction of sp³-hybridized carbons (Fsp3) is 0.393. The molecular formula is C28H29F2N9OS. The van der Waals surface area contributed by atoms with E-state index in [4.69, 9.17) is 9.97 Å². The molecule has 0 spiro atoms. The molecule has 212 valence electrons. The number of imidazole rings is 1. The van der Waals surface area contributed by atoms with Crippen LogP contribution in [0, 0.1) is 17.1 Å². The van der Waals surface area contributed by atoms with E-state index in [1.165, 1.54) is 23.5 Å². The smallest absolute Gasteiger partial charge is 0.236 e. The Balaban J connectivity index is 1.24. The minimum atomic E-state index is -0.891. The molecule has 0 bridgehead atoms. The van der Waals surface area contributed by atoms with Gasteiger partial charge in [-0.25, -0.2) is 23.7 Å². The van der Waals surface area contributed by atoms with Crippen molar-refractivity contribution >= 4 is 39.7 Å². The normalized spacial score (nSPS) is 16.2. The molecular weight excluding hydrogens is 548 g/mol. The Bertz CT molecular complexity index is 1620. The Morgan fingerprint density at radius 2 is 1.90 bits per heavy atom. The van der Waals surface area contributed by atoms with Gasteiger partial charge >= 0.3 is 0 Å². The van der Waals surface area contributed by atoms with Gasteiger partial charge in [-0.3, -0.25) is 14.1 Å². The Kier molecular flexibility index (Phi) is 7.27. The van der Waals surface area contributed by atoms with Gasteiger partial charge in [0.05, 0.1) is 37.7 Å². The third kappa shape index (κ3) is 5.20. The topological polar surface area (TPSA) is 96.9 Å². The minimum absolute atomic E-state index is 0.0191. The number of nitriles is 1.